The molecule has 2 aromatic rings. The summed E-state index contributed by atoms with van der Waals surface area (Å²) >= 11 is 0. The third kappa shape index (κ3) is 4.11. The van der Waals surface area contributed by atoms with Crippen molar-refractivity contribution in [2.75, 3.05) is 11.9 Å². The number of carbonyl (C=O) groups is 2. The number of hydrogen-bond acceptors (Lipinski definition) is 4. The van der Waals surface area contributed by atoms with Gasteiger partial charge in [-0.25, -0.2) is 26.7 Å². The number of nitrogens with one attached hydrogen (secondary N) is 1. The number of rotatable bonds is 5. The first kappa shape index (κ1) is 25.0. The molecule has 0 aromatic heterocycles. The summed E-state index contributed by atoms with van der Waals surface area (Å²) in [6, 6.07) is 1.91. The van der Waals surface area contributed by atoms with Crippen molar-refractivity contribution in [2.45, 2.75) is 25.6 Å². The van der Waals surface area contributed by atoms with Gasteiger partial charge in [0.2, 0.25) is 5.82 Å². The summed E-state index contributed by atoms with van der Waals surface area (Å²) in [5.74, 6) is -15.9. The summed E-state index contributed by atoms with van der Waals surface area (Å²) in [5.41, 5.74) is -7.56. The maximum Gasteiger partial charge on any atom is 0.432 e. The van der Waals surface area contributed by atoms with Gasteiger partial charge in [0.15, 0.2) is 23.3 Å². The number of hydrogen-bond donors (Lipinski definition) is 2. The SMILES string of the molecule is CCOC(=O)[C@@](O)(c1ccc(NC(=O)c2c(F)c(F)c(F)c(F)c2F)c(C)c1)C(F)(F)F. The maximum absolute atomic E-state index is 13.8. The molecular formula is C19H13F8NO4. The zero-order valence-corrected chi connectivity index (χ0v) is 16.1. The molecule has 2 rings (SSSR count). The fourth-order valence-corrected chi connectivity index (χ4v) is 2.65. The Labute approximate surface area is 174 Å². The van der Waals surface area contributed by atoms with Crippen molar-refractivity contribution in [1.29, 1.82) is 0 Å². The number of alkyl halides is 3. The lowest BCUT2D eigenvalue weighted by atomic mass is 9.91. The van der Waals surface area contributed by atoms with Crippen LogP contribution in [0.5, 0.6) is 0 Å². The molecule has 0 fully saturated rings. The lowest BCUT2D eigenvalue weighted by molar-refractivity contribution is -0.267. The molecule has 2 N–H and O–H groups in total. The van der Waals surface area contributed by atoms with E-state index in [0.717, 1.165) is 13.0 Å². The van der Waals surface area contributed by atoms with Crippen LogP contribution in [0.1, 0.15) is 28.4 Å². The minimum Gasteiger partial charge on any atom is -0.463 e. The van der Waals surface area contributed by atoms with E-state index in [1.54, 1.807) is 5.32 Å². The number of aliphatic hydroxyl groups is 1. The highest BCUT2D eigenvalue weighted by Gasteiger charge is 2.62. The molecular weight excluding hydrogens is 458 g/mol. The van der Waals surface area contributed by atoms with Crippen LogP contribution in [0.25, 0.3) is 0 Å². The number of aryl methyl sites for hydroxylation is 1. The van der Waals surface area contributed by atoms with E-state index in [4.69, 9.17) is 0 Å². The van der Waals surface area contributed by atoms with Gasteiger partial charge in [-0.2, -0.15) is 13.2 Å². The maximum atomic E-state index is 13.8. The second kappa shape index (κ2) is 8.73. The van der Waals surface area contributed by atoms with Crippen LogP contribution in [0.4, 0.5) is 40.8 Å². The van der Waals surface area contributed by atoms with Crippen LogP contribution in [0.3, 0.4) is 0 Å². The van der Waals surface area contributed by atoms with Gasteiger partial charge in [0.25, 0.3) is 11.5 Å². The van der Waals surface area contributed by atoms with Crippen molar-refractivity contribution < 1.29 is 54.6 Å². The first-order valence-electron chi connectivity index (χ1n) is 8.58. The quantitative estimate of drug-likeness (QED) is 0.296. The Balaban J connectivity index is 2.48. The molecule has 1 amide bonds. The highest BCUT2D eigenvalue weighted by molar-refractivity contribution is 6.05. The molecule has 0 aliphatic heterocycles. The van der Waals surface area contributed by atoms with E-state index in [9.17, 15) is 49.8 Å². The van der Waals surface area contributed by atoms with Gasteiger partial charge in [0, 0.05) is 11.3 Å². The normalized spacial score (nSPS) is 13.5. The van der Waals surface area contributed by atoms with Gasteiger partial charge in [0.05, 0.1) is 6.61 Å². The smallest absolute Gasteiger partial charge is 0.432 e. The molecule has 0 aliphatic carbocycles. The predicted octanol–water partition coefficient (Wildman–Crippen LogP) is 4.26. The first-order chi connectivity index (χ1) is 14.7. The summed E-state index contributed by atoms with van der Waals surface area (Å²) in [7, 11) is 0. The van der Waals surface area contributed by atoms with E-state index in [2.05, 4.69) is 4.74 Å². The van der Waals surface area contributed by atoms with Crippen LogP contribution in [0, 0.1) is 36.0 Å². The molecule has 0 saturated heterocycles. The molecule has 0 saturated carbocycles. The van der Waals surface area contributed by atoms with Crippen molar-refractivity contribution in [1.82, 2.24) is 0 Å². The van der Waals surface area contributed by atoms with Gasteiger partial charge in [-0.3, -0.25) is 4.79 Å². The number of benzene rings is 2. The summed E-state index contributed by atoms with van der Waals surface area (Å²) in [4.78, 5) is 23.9. The summed E-state index contributed by atoms with van der Waals surface area (Å²) in [6.07, 6.45) is -5.51. The number of ether oxygens (including phenoxy) is 1. The topological polar surface area (TPSA) is 75.6 Å². The number of amides is 1. The van der Waals surface area contributed by atoms with Crippen molar-refractivity contribution >= 4 is 17.6 Å². The Morgan fingerprint density at radius 2 is 1.47 bits per heavy atom. The van der Waals surface area contributed by atoms with Gasteiger partial charge in [0.1, 0.15) is 5.56 Å². The van der Waals surface area contributed by atoms with Gasteiger partial charge in [-0.05, 0) is 25.5 Å². The largest absolute Gasteiger partial charge is 0.463 e. The van der Waals surface area contributed by atoms with Crippen LogP contribution in [0.2, 0.25) is 0 Å². The summed E-state index contributed by atoms with van der Waals surface area (Å²) < 4.78 is 112. The standard InChI is InChI=1S/C19H13F8NO4/c1-3-32-17(30)18(31,19(25,26)27)8-4-5-9(7(2)6-8)28-16(29)10-11(20)13(22)15(24)14(23)12(10)21/h4-6,31H,3H2,1-2H3,(H,28,29)/t18-/m0/s1. The van der Waals surface area contributed by atoms with E-state index < -0.39 is 76.2 Å². The monoisotopic (exact) mass is 471 g/mol. The van der Waals surface area contributed by atoms with E-state index in [1.165, 1.54) is 6.92 Å². The lowest BCUT2D eigenvalue weighted by Crippen LogP contribution is -2.50. The first-order valence-corrected chi connectivity index (χ1v) is 8.58. The van der Waals surface area contributed by atoms with Gasteiger partial charge in [-0.15, -0.1) is 0 Å². The Hall–Kier alpha value is -3.22. The predicted molar refractivity (Wildman–Crippen MR) is 91.9 cm³/mol. The molecule has 0 bridgehead atoms. The van der Waals surface area contributed by atoms with Gasteiger partial charge in [-0.1, -0.05) is 12.1 Å². The average molecular weight is 471 g/mol. The van der Waals surface area contributed by atoms with Crippen LogP contribution in [0.15, 0.2) is 18.2 Å². The lowest BCUT2D eigenvalue weighted by Gasteiger charge is -2.29. The highest BCUT2D eigenvalue weighted by atomic mass is 19.4. The van der Waals surface area contributed by atoms with Crippen LogP contribution in [-0.2, 0) is 15.1 Å². The number of halogens is 8. The van der Waals surface area contributed by atoms with Crippen molar-refractivity contribution in [3.05, 3.63) is 64.0 Å². The minimum atomic E-state index is -5.51. The van der Waals surface area contributed by atoms with E-state index in [1.807, 2.05) is 0 Å². The molecule has 2 aromatic carbocycles. The molecule has 0 radical (unpaired) electrons. The van der Waals surface area contributed by atoms with Gasteiger partial charge >= 0.3 is 12.1 Å². The Morgan fingerprint density at radius 3 is 1.91 bits per heavy atom. The van der Waals surface area contributed by atoms with Crippen LogP contribution >= 0.6 is 0 Å². The van der Waals surface area contributed by atoms with Gasteiger partial charge < -0.3 is 15.2 Å². The molecule has 32 heavy (non-hydrogen) atoms. The molecule has 0 unspecified atom stereocenters. The van der Waals surface area contributed by atoms with Crippen molar-refractivity contribution in [2.24, 2.45) is 0 Å². The van der Waals surface area contributed by atoms with E-state index >= 15 is 0 Å². The molecule has 0 spiro atoms. The minimum absolute atomic E-state index is 0.258. The average Bonchev–Trinajstić information content (AvgIpc) is 2.71. The summed E-state index contributed by atoms with van der Waals surface area (Å²) in [6.45, 7) is 1.81. The Bertz CT molecular complexity index is 1060. The van der Waals surface area contributed by atoms with Crippen LogP contribution in [-0.4, -0.2) is 29.8 Å². The Morgan fingerprint density at radius 1 is 0.969 bits per heavy atom. The second-order valence-corrected chi connectivity index (χ2v) is 6.36. The van der Waals surface area contributed by atoms with E-state index in [0.29, 0.717) is 12.1 Å². The summed E-state index contributed by atoms with van der Waals surface area (Å²) in [5, 5.41) is 11.8. The zero-order valence-electron chi connectivity index (χ0n) is 16.1. The zero-order chi connectivity index (χ0) is 24.6. The molecule has 0 aliphatic rings. The fraction of sp³-hybridized carbons (Fsp3) is 0.263. The molecule has 174 valence electrons. The second-order valence-electron chi connectivity index (χ2n) is 6.36. The molecule has 5 nitrogen and oxygen atoms in total. The highest BCUT2D eigenvalue weighted by Crippen LogP contribution is 2.41. The van der Waals surface area contributed by atoms with Crippen LogP contribution < -0.4 is 5.32 Å². The molecule has 13 heteroatoms. The van der Waals surface area contributed by atoms with Crippen molar-refractivity contribution in [3.8, 4) is 0 Å². The number of esters is 1. The number of anilines is 1. The third-order valence-electron chi connectivity index (χ3n) is 4.31. The molecule has 0 heterocycles. The molecule has 1 atom stereocenters. The van der Waals surface area contributed by atoms with Crippen molar-refractivity contribution in [3.63, 3.8) is 0 Å². The van der Waals surface area contributed by atoms with E-state index in [-0.39, 0.29) is 5.56 Å². The fourth-order valence-electron chi connectivity index (χ4n) is 2.65. The number of carbonyl (C=O) groups excluding carboxylic acids is 2. The Kier molecular flexibility index (Phi) is 6.83. The third-order valence-corrected chi connectivity index (χ3v) is 4.31.